The van der Waals surface area contributed by atoms with Crippen LogP contribution in [-0.2, 0) is 19.7 Å². The van der Waals surface area contributed by atoms with Gasteiger partial charge in [0.05, 0.1) is 11.5 Å². The molecular weight excluding hydrogens is 340 g/mol. The molecule has 98 valence electrons. The van der Waals surface area contributed by atoms with Crippen molar-refractivity contribution in [3.05, 3.63) is 45.8 Å². The molecule has 0 N–H and O–H groups in total. The molecule has 4 nitrogen and oxygen atoms in total. The second-order valence-electron chi connectivity index (χ2n) is 4.04. The summed E-state index contributed by atoms with van der Waals surface area (Å²) in [6, 6.07) is 6.78. The topological polar surface area (TPSA) is 68.3 Å². The highest BCUT2D eigenvalue weighted by Crippen LogP contribution is 2.32. The molecule has 0 spiro atoms. The van der Waals surface area contributed by atoms with Gasteiger partial charge in [-0.2, -0.15) is 0 Å². The lowest BCUT2D eigenvalue weighted by Crippen LogP contribution is -2.21. The van der Waals surface area contributed by atoms with Gasteiger partial charge in [0, 0.05) is 9.88 Å². The maximum absolute atomic E-state index is 12.1. The van der Waals surface area contributed by atoms with Crippen molar-refractivity contribution in [3.8, 4) is 0 Å². The first-order valence-corrected chi connectivity index (χ1v) is 9.39. The maximum Gasteiger partial charge on any atom is 0.172 e. The zero-order chi connectivity index (χ0) is 13.4. The van der Waals surface area contributed by atoms with Crippen molar-refractivity contribution < 1.29 is 16.8 Å². The Morgan fingerprint density at radius 1 is 1.11 bits per heavy atom. The van der Waals surface area contributed by atoms with Gasteiger partial charge in [-0.15, -0.1) is 0 Å². The standard InChI is InChI=1S/C11H11BrO4S2/c12-10-5-2-1-4-9(10)11-8-17(13,14)6-3-7-18(11,15)16/h1-6,11H,7-8H2. The van der Waals surface area contributed by atoms with Crippen molar-refractivity contribution in [1.29, 1.82) is 0 Å². The Balaban J connectivity index is 2.58. The highest BCUT2D eigenvalue weighted by atomic mass is 79.9. The van der Waals surface area contributed by atoms with Crippen molar-refractivity contribution in [2.24, 2.45) is 0 Å². The van der Waals surface area contributed by atoms with Gasteiger partial charge in [-0.05, 0) is 11.6 Å². The average Bonchev–Trinajstić information content (AvgIpc) is 2.36. The Morgan fingerprint density at radius 2 is 1.78 bits per heavy atom. The molecule has 1 unspecified atom stereocenters. The first-order valence-electron chi connectivity index (χ1n) is 5.17. The molecule has 18 heavy (non-hydrogen) atoms. The molecule has 1 aromatic carbocycles. The summed E-state index contributed by atoms with van der Waals surface area (Å²) in [5.41, 5.74) is 0.491. The smallest absolute Gasteiger partial charge is 0.172 e. The van der Waals surface area contributed by atoms with E-state index in [9.17, 15) is 16.8 Å². The SMILES string of the molecule is O=S1(=O)C=CCS(=O)(=O)C(c2ccccc2Br)C1. The van der Waals surface area contributed by atoms with Crippen LogP contribution in [0.15, 0.2) is 40.2 Å². The first-order chi connectivity index (χ1) is 8.32. The van der Waals surface area contributed by atoms with Crippen LogP contribution < -0.4 is 0 Å². The molecule has 1 atom stereocenters. The summed E-state index contributed by atoms with van der Waals surface area (Å²) in [7, 11) is -6.99. The van der Waals surface area contributed by atoms with E-state index in [4.69, 9.17) is 0 Å². The fourth-order valence-corrected chi connectivity index (χ4v) is 6.35. The van der Waals surface area contributed by atoms with Gasteiger partial charge >= 0.3 is 0 Å². The Hall–Kier alpha value is -0.660. The summed E-state index contributed by atoms with van der Waals surface area (Å²) in [4.78, 5) is 0. The summed E-state index contributed by atoms with van der Waals surface area (Å²) in [6.45, 7) is 0. The summed E-state index contributed by atoms with van der Waals surface area (Å²) in [5, 5.41) is -0.0328. The lowest BCUT2D eigenvalue weighted by Gasteiger charge is -2.16. The van der Waals surface area contributed by atoms with Crippen LogP contribution >= 0.6 is 15.9 Å². The van der Waals surface area contributed by atoms with Crippen LogP contribution in [0.25, 0.3) is 0 Å². The van der Waals surface area contributed by atoms with E-state index in [1.54, 1.807) is 24.3 Å². The highest BCUT2D eigenvalue weighted by Gasteiger charge is 2.33. The van der Waals surface area contributed by atoms with E-state index >= 15 is 0 Å². The third kappa shape index (κ3) is 2.84. The molecule has 2 rings (SSSR count). The summed E-state index contributed by atoms with van der Waals surface area (Å²) >= 11 is 3.27. The van der Waals surface area contributed by atoms with Crippen molar-refractivity contribution in [2.75, 3.05) is 11.5 Å². The van der Waals surface area contributed by atoms with Crippen molar-refractivity contribution in [2.45, 2.75) is 5.25 Å². The van der Waals surface area contributed by atoms with Crippen LogP contribution in [-0.4, -0.2) is 28.3 Å². The molecule has 7 heteroatoms. The molecule has 0 bridgehead atoms. The lowest BCUT2D eigenvalue weighted by atomic mass is 10.2. The first kappa shape index (κ1) is 13.8. The van der Waals surface area contributed by atoms with Crippen LogP contribution in [0, 0.1) is 0 Å². The molecule has 0 saturated carbocycles. The van der Waals surface area contributed by atoms with Crippen LogP contribution in [0.5, 0.6) is 0 Å². The Bertz CT molecular complexity index is 690. The van der Waals surface area contributed by atoms with Gasteiger partial charge in [-0.3, -0.25) is 0 Å². The second-order valence-corrected chi connectivity index (χ2v) is 9.05. The van der Waals surface area contributed by atoms with E-state index in [1.165, 1.54) is 6.08 Å². The fourth-order valence-electron chi connectivity index (χ4n) is 1.83. The minimum Gasteiger partial charge on any atom is -0.228 e. The Labute approximate surface area is 115 Å². The molecule has 0 fully saturated rings. The Morgan fingerprint density at radius 3 is 2.44 bits per heavy atom. The van der Waals surface area contributed by atoms with E-state index in [-0.39, 0.29) is 5.75 Å². The van der Waals surface area contributed by atoms with Crippen LogP contribution in [0.2, 0.25) is 0 Å². The summed E-state index contributed by atoms with van der Waals surface area (Å²) < 4.78 is 48.2. The van der Waals surface area contributed by atoms with E-state index in [0.717, 1.165) is 5.41 Å². The number of benzene rings is 1. The van der Waals surface area contributed by atoms with Gasteiger partial charge in [0.15, 0.2) is 19.7 Å². The fraction of sp³-hybridized carbons (Fsp3) is 0.273. The van der Waals surface area contributed by atoms with E-state index < -0.39 is 30.7 Å². The van der Waals surface area contributed by atoms with Gasteiger partial charge in [-0.1, -0.05) is 40.2 Å². The molecule has 0 saturated heterocycles. The minimum atomic E-state index is -3.50. The minimum absolute atomic E-state index is 0.252. The van der Waals surface area contributed by atoms with Gasteiger partial charge in [0.2, 0.25) is 0 Å². The van der Waals surface area contributed by atoms with Crippen molar-refractivity contribution in [1.82, 2.24) is 0 Å². The third-order valence-corrected chi connectivity index (χ3v) is 6.98. The number of rotatable bonds is 1. The van der Waals surface area contributed by atoms with Crippen LogP contribution in [0.3, 0.4) is 0 Å². The molecule has 0 aromatic heterocycles. The highest BCUT2D eigenvalue weighted by molar-refractivity contribution is 9.10. The molecular formula is C11H11BrO4S2. The number of halogens is 1. The van der Waals surface area contributed by atoms with Crippen LogP contribution in [0.1, 0.15) is 10.8 Å². The van der Waals surface area contributed by atoms with Crippen LogP contribution in [0.4, 0.5) is 0 Å². The second kappa shape index (κ2) is 4.79. The Kier molecular flexibility index (Phi) is 3.66. The summed E-state index contributed by atoms with van der Waals surface area (Å²) in [5.74, 6) is -0.660. The molecule has 1 aliphatic rings. The number of hydrogen-bond acceptors (Lipinski definition) is 4. The lowest BCUT2D eigenvalue weighted by molar-refractivity contribution is 0.582. The number of sulfone groups is 2. The summed E-state index contributed by atoms with van der Waals surface area (Å²) in [6.07, 6.45) is 1.20. The normalized spacial score (nSPS) is 25.5. The predicted octanol–water partition coefficient (Wildman–Crippen LogP) is 1.85. The van der Waals surface area contributed by atoms with Gasteiger partial charge in [-0.25, -0.2) is 16.8 Å². The molecule has 0 radical (unpaired) electrons. The average molecular weight is 351 g/mol. The molecule has 0 amide bonds. The van der Waals surface area contributed by atoms with Crippen molar-refractivity contribution >= 4 is 35.6 Å². The molecule has 1 aromatic rings. The maximum atomic E-state index is 12.1. The number of hydrogen-bond donors (Lipinski definition) is 0. The molecule has 1 aliphatic heterocycles. The van der Waals surface area contributed by atoms with Gasteiger partial charge < -0.3 is 0 Å². The van der Waals surface area contributed by atoms with Gasteiger partial charge in [0.25, 0.3) is 0 Å². The van der Waals surface area contributed by atoms with Crippen molar-refractivity contribution in [3.63, 3.8) is 0 Å². The largest absolute Gasteiger partial charge is 0.228 e. The monoisotopic (exact) mass is 350 g/mol. The van der Waals surface area contributed by atoms with E-state index in [2.05, 4.69) is 15.9 Å². The predicted molar refractivity (Wildman–Crippen MR) is 73.6 cm³/mol. The molecule has 1 heterocycles. The quantitative estimate of drug-likeness (QED) is 0.774. The van der Waals surface area contributed by atoms with E-state index in [1.807, 2.05) is 0 Å². The molecule has 0 aliphatic carbocycles. The van der Waals surface area contributed by atoms with E-state index in [0.29, 0.717) is 10.0 Å². The zero-order valence-corrected chi connectivity index (χ0v) is 12.5. The van der Waals surface area contributed by atoms with Gasteiger partial charge in [0.1, 0.15) is 5.25 Å². The third-order valence-electron chi connectivity index (χ3n) is 2.70. The zero-order valence-electron chi connectivity index (χ0n) is 9.28.